The molecule has 1 aromatic carbocycles. The minimum Gasteiger partial charge on any atom is -0.493 e. The van der Waals surface area contributed by atoms with Crippen molar-refractivity contribution in [3.8, 4) is 5.75 Å². The van der Waals surface area contributed by atoms with Gasteiger partial charge in [0, 0.05) is 12.0 Å². The van der Waals surface area contributed by atoms with Gasteiger partial charge in [0.05, 0.1) is 21.3 Å². The Balaban J connectivity index is 1.97. The number of thiophene rings is 1. The zero-order valence-corrected chi connectivity index (χ0v) is 11.8. The standard InChI is InChI=1S/C13H11Cl2NOS/c14-11-6-9(13(15)18-11)12(16)8-1-2-10-7(5-8)3-4-17-10/h1-2,5-6,12H,3-4,16H2. The molecule has 0 aliphatic carbocycles. The molecular weight excluding hydrogens is 289 g/mol. The van der Waals surface area contributed by atoms with Gasteiger partial charge in [-0.1, -0.05) is 35.3 Å². The first-order chi connectivity index (χ1) is 8.65. The van der Waals surface area contributed by atoms with Gasteiger partial charge in [0.25, 0.3) is 0 Å². The minimum absolute atomic E-state index is 0.243. The molecule has 0 saturated heterocycles. The van der Waals surface area contributed by atoms with Crippen molar-refractivity contribution in [2.75, 3.05) is 6.61 Å². The van der Waals surface area contributed by atoms with Gasteiger partial charge in [0.1, 0.15) is 5.75 Å². The van der Waals surface area contributed by atoms with Crippen LogP contribution in [0.25, 0.3) is 0 Å². The molecule has 2 heterocycles. The lowest BCUT2D eigenvalue weighted by molar-refractivity contribution is 0.357. The fraction of sp³-hybridized carbons (Fsp3) is 0.231. The van der Waals surface area contributed by atoms with E-state index in [2.05, 4.69) is 6.07 Å². The zero-order chi connectivity index (χ0) is 12.7. The predicted molar refractivity (Wildman–Crippen MR) is 76.0 cm³/mol. The normalized spacial score (nSPS) is 15.3. The van der Waals surface area contributed by atoms with Crippen molar-refractivity contribution in [2.24, 2.45) is 5.73 Å². The number of rotatable bonds is 2. The highest BCUT2D eigenvalue weighted by molar-refractivity contribution is 7.20. The van der Waals surface area contributed by atoms with Gasteiger partial charge in [-0.25, -0.2) is 0 Å². The van der Waals surface area contributed by atoms with Crippen LogP contribution in [-0.4, -0.2) is 6.61 Å². The first-order valence-electron chi connectivity index (χ1n) is 5.61. The van der Waals surface area contributed by atoms with Gasteiger partial charge in [-0.2, -0.15) is 0 Å². The second-order valence-electron chi connectivity index (χ2n) is 4.22. The summed E-state index contributed by atoms with van der Waals surface area (Å²) in [5.74, 6) is 0.959. The van der Waals surface area contributed by atoms with E-state index < -0.39 is 0 Å². The number of hydrogen-bond donors (Lipinski definition) is 1. The predicted octanol–water partition coefficient (Wildman–Crippen LogP) is 4.04. The maximum Gasteiger partial charge on any atom is 0.122 e. The molecule has 2 N–H and O–H groups in total. The van der Waals surface area contributed by atoms with Gasteiger partial charge in [-0.15, -0.1) is 11.3 Å². The second-order valence-corrected chi connectivity index (χ2v) is 6.51. The summed E-state index contributed by atoms with van der Waals surface area (Å²) in [4.78, 5) is 0. The number of ether oxygens (including phenoxy) is 1. The number of benzene rings is 1. The molecule has 1 aliphatic heterocycles. The van der Waals surface area contributed by atoms with E-state index in [1.807, 2.05) is 18.2 Å². The van der Waals surface area contributed by atoms with Crippen molar-refractivity contribution in [2.45, 2.75) is 12.5 Å². The maximum absolute atomic E-state index is 6.25. The SMILES string of the molecule is NC(c1ccc2c(c1)CCO2)c1cc(Cl)sc1Cl. The van der Waals surface area contributed by atoms with Crippen molar-refractivity contribution in [3.05, 3.63) is 49.6 Å². The lowest BCUT2D eigenvalue weighted by Gasteiger charge is -2.12. The first kappa shape index (κ1) is 12.3. The van der Waals surface area contributed by atoms with Crippen LogP contribution in [0, 0.1) is 0 Å². The average Bonchev–Trinajstić information content (AvgIpc) is 2.93. The number of fused-ring (bicyclic) bond motifs is 1. The Hall–Kier alpha value is -0.740. The summed E-state index contributed by atoms with van der Waals surface area (Å²) < 4.78 is 6.80. The van der Waals surface area contributed by atoms with Crippen molar-refractivity contribution < 1.29 is 4.74 Å². The summed E-state index contributed by atoms with van der Waals surface area (Å²) in [6.45, 7) is 0.749. The zero-order valence-electron chi connectivity index (χ0n) is 9.45. The van der Waals surface area contributed by atoms with Crippen LogP contribution in [0.5, 0.6) is 5.75 Å². The molecule has 2 aromatic rings. The summed E-state index contributed by atoms with van der Waals surface area (Å²) in [5.41, 5.74) is 9.37. The van der Waals surface area contributed by atoms with Crippen LogP contribution in [0.15, 0.2) is 24.3 Å². The highest BCUT2D eigenvalue weighted by atomic mass is 35.5. The molecule has 0 fully saturated rings. The molecule has 18 heavy (non-hydrogen) atoms. The van der Waals surface area contributed by atoms with E-state index in [0.717, 1.165) is 29.9 Å². The molecule has 0 radical (unpaired) electrons. The molecule has 1 atom stereocenters. The number of halogens is 2. The molecule has 1 aliphatic rings. The largest absolute Gasteiger partial charge is 0.493 e. The van der Waals surface area contributed by atoms with Crippen LogP contribution < -0.4 is 10.5 Å². The Bertz CT molecular complexity index is 597. The third-order valence-corrected chi connectivity index (χ3v) is 4.61. The number of hydrogen-bond acceptors (Lipinski definition) is 3. The van der Waals surface area contributed by atoms with Crippen LogP contribution in [-0.2, 0) is 6.42 Å². The Morgan fingerprint density at radius 1 is 1.28 bits per heavy atom. The average molecular weight is 300 g/mol. The summed E-state index contributed by atoms with van der Waals surface area (Å²) >= 11 is 13.4. The molecule has 1 unspecified atom stereocenters. The molecular formula is C13H11Cl2NOS. The van der Waals surface area contributed by atoms with E-state index in [-0.39, 0.29) is 6.04 Å². The Labute approximate surface area is 119 Å². The smallest absolute Gasteiger partial charge is 0.122 e. The lowest BCUT2D eigenvalue weighted by atomic mass is 9.99. The van der Waals surface area contributed by atoms with E-state index in [1.165, 1.54) is 16.9 Å². The van der Waals surface area contributed by atoms with Crippen LogP contribution in [0.4, 0.5) is 0 Å². The van der Waals surface area contributed by atoms with Crippen molar-refractivity contribution in [1.29, 1.82) is 0 Å². The van der Waals surface area contributed by atoms with Crippen molar-refractivity contribution in [1.82, 2.24) is 0 Å². The lowest BCUT2D eigenvalue weighted by Crippen LogP contribution is -2.11. The monoisotopic (exact) mass is 299 g/mol. The summed E-state index contributed by atoms with van der Waals surface area (Å²) in [6.07, 6.45) is 0.939. The third-order valence-electron chi connectivity index (χ3n) is 3.09. The quantitative estimate of drug-likeness (QED) is 0.908. The maximum atomic E-state index is 6.25. The van der Waals surface area contributed by atoms with E-state index in [1.54, 1.807) is 0 Å². The van der Waals surface area contributed by atoms with Crippen LogP contribution in [0.1, 0.15) is 22.7 Å². The van der Waals surface area contributed by atoms with Gasteiger partial charge in [0.2, 0.25) is 0 Å². The van der Waals surface area contributed by atoms with E-state index >= 15 is 0 Å². The molecule has 2 nitrogen and oxygen atoms in total. The number of nitrogens with two attached hydrogens (primary N) is 1. The molecule has 0 spiro atoms. The topological polar surface area (TPSA) is 35.2 Å². The van der Waals surface area contributed by atoms with Crippen LogP contribution in [0.3, 0.4) is 0 Å². The van der Waals surface area contributed by atoms with Crippen molar-refractivity contribution >= 4 is 34.5 Å². The van der Waals surface area contributed by atoms with Crippen LogP contribution >= 0.6 is 34.5 Å². The Kier molecular flexibility index (Phi) is 3.24. The molecule has 0 bridgehead atoms. The fourth-order valence-electron chi connectivity index (χ4n) is 2.14. The molecule has 0 saturated carbocycles. The molecule has 1 aromatic heterocycles. The fourth-order valence-corrected chi connectivity index (χ4v) is 3.69. The molecule has 0 amide bonds. The minimum atomic E-state index is -0.243. The summed E-state index contributed by atoms with van der Waals surface area (Å²) in [7, 11) is 0. The van der Waals surface area contributed by atoms with Crippen LogP contribution in [0.2, 0.25) is 8.67 Å². The highest BCUT2D eigenvalue weighted by Gasteiger charge is 2.19. The van der Waals surface area contributed by atoms with Gasteiger partial charge in [-0.3, -0.25) is 0 Å². The Morgan fingerprint density at radius 3 is 2.83 bits per heavy atom. The first-order valence-corrected chi connectivity index (χ1v) is 7.18. The van der Waals surface area contributed by atoms with Gasteiger partial charge < -0.3 is 10.5 Å². The Morgan fingerprint density at radius 2 is 2.11 bits per heavy atom. The third kappa shape index (κ3) is 2.12. The highest BCUT2D eigenvalue weighted by Crippen LogP contribution is 2.37. The molecule has 3 rings (SSSR count). The van der Waals surface area contributed by atoms with Gasteiger partial charge in [0.15, 0.2) is 0 Å². The summed E-state index contributed by atoms with van der Waals surface area (Å²) in [5, 5.41) is 0. The molecule has 5 heteroatoms. The van der Waals surface area contributed by atoms with E-state index in [0.29, 0.717) is 8.67 Å². The second kappa shape index (κ2) is 4.74. The van der Waals surface area contributed by atoms with Gasteiger partial charge in [-0.05, 0) is 23.3 Å². The summed E-state index contributed by atoms with van der Waals surface area (Å²) in [6, 6.07) is 7.64. The van der Waals surface area contributed by atoms with E-state index in [4.69, 9.17) is 33.7 Å². The van der Waals surface area contributed by atoms with Crippen molar-refractivity contribution in [3.63, 3.8) is 0 Å². The van der Waals surface area contributed by atoms with Gasteiger partial charge >= 0.3 is 0 Å². The van der Waals surface area contributed by atoms with E-state index in [9.17, 15) is 0 Å². The molecule has 94 valence electrons.